The fourth-order valence-electron chi connectivity index (χ4n) is 1.93. The third-order valence-corrected chi connectivity index (χ3v) is 2.99. The van der Waals surface area contributed by atoms with Crippen LogP contribution in [0.5, 0.6) is 0 Å². The zero-order valence-electron chi connectivity index (χ0n) is 10.2. The van der Waals surface area contributed by atoms with Crippen LogP contribution in [-0.2, 0) is 20.9 Å². The molecule has 1 heterocycles. The molecule has 2 rings (SSSR count). The molecule has 1 fully saturated rings. The van der Waals surface area contributed by atoms with E-state index in [1.807, 2.05) is 0 Å². The van der Waals surface area contributed by atoms with Gasteiger partial charge in [0.2, 0.25) is 0 Å². The molecular formula is C13H15NO5. The van der Waals surface area contributed by atoms with Crippen LogP contribution in [0.25, 0.3) is 0 Å². The van der Waals surface area contributed by atoms with Crippen molar-refractivity contribution < 1.29 is 24.5 Å². The predicted molar refractivity (Wildman–Crippen MR) is 66.5 cm³/mol. The second-order valence-electron chi connectivity index (χ2n) is 4.37. The van der Waals surface area contributed by atoms with Crippen molar-refractivity contribution in [2.24, 2.45) is 0 Å². The maximum Gasteiger partial charge on any atom is 0.332 e. The molecule has 1 aliphatic rings. The van der Waals surface area contributed by atoms with Crippen LogP contribution in [0.1, 0.15) is 18.4 Å². The summed E-state index contributed by atoms with van der Waals surface area (Å²) in [7, 11) is 0. The number of rotatable bonds is 4. The van der Waals surface area contributed by atoms with Crippen LogP contribution in [0.4, 0.5) is 5.69 Å². The third kappa shape index (κ3) is 3.30. The summed E-state index contributed by atoms with van der Waals surface area (Å²) in [5.41, 5.74) is 1.34. The topological polar surface area (TPSA) is 95.9 Å². The van der Waals surface area contributed by atoms with E-state index in [1.165, 1.54) is 0 Å². The number of aliphatic carboxylic acids is 1. The number of hydrogen-bond acceptors (Lipinski definition) is 4. The lowest BCUT2D eigenvalue weighted by atomic mass is 10.1. The first-order valence-electron chi connectivity index (χ1n) is 5.99. The Morgan fingerprint density at radius 1 is 1.21 bits per heavy atom. The number of aliphatic hydroxyl groups is 1. The highest BCUT2D eigenvalue weighted by atomic mass is 16.5. The van der Waals surface area contributed by atoms with Gasteiger partial charge in [-0.2, -0.15) is 0 Å². The standard InChI is InChI=1S/C13H15NO5/c15-7-8-1-3-9(4-2-8)14-12(16)10-5-6-11(19-10)13(17)18/h1-4,10-11,15H,5-7H2,(H,14,16)(H,17,18)/t10-,11+/m0/s1. The summed E-state index contributed by atoms with van der Waals surface area (Å²) in [4.78, 5) is 22.6. The number of ether oxygens (including phenoxy) is 1. The molecule has 0 saturated carbocycles. The number of amides is 1. The fraction of sp³-hybridized carbons (Fsp3) is 0.385. The SMILES string of the molecule is O=C(Nc1ccc(CO)cc1)[C@@H]1CC[C@H](C(=O)O)O1. The first-order valence-corrected chi connectivity index (χ1v) is 5.99. The van der Waals surface area contributed by atoms with Gasteiger partial charge in [-0.3, -0.25) is 4.79 Å². The first-order chi connectivity index (χ1) is 9.10. The van der Waals surface area contributed by atoms with E-state index in [9.17, 15) is 9.59 Å². The molecule has 1 aromatic rings. The van der Waals surface area contributed by atoms with Crippen molar-refractivity contribution in [3.63, 3.8) is 0 Å². The van der Waals surface area contributed by atoms with Gasteiger partial charge in [-0.05, 0) is 30.5 Å². The number of carbonyl (C=O) groups excluding carboxylic acids is 1. The molecule has 0 radical (unpaired) electrons. The third-order valence-electron chi connectivity index (χ3n) is 2.99. The number of aliphatic hydroxyl groups excluding tert-OH is 1. The Morgan fingerprint density at radius 3 is 2.37 bits per heavy atom. The molecule has 6 nitrogen and oxygen atoms in total. The van der Waals surface area contributed by atoms with E-state index in [0.29, 0.717) is 18.5 Å². The molecule has 0 unspecified atom stereocenters. The highest BCUT2D eigenvalue weighted by Crippen LogP contribution is 2.21. The maximum atomic E-state index is 11.9. The Morgan fingerprint density at radius 2 is 1.84 bits per heavy atom. The Hall–Kier alpha value is -1.92. The number of anilines is 1. The summed E-state index contributed by atoms with van der Waals surface area (Å²) < 4.78 is 5.15. The van der Waals surface area contributed by atoms with Crippen molar-refractivity contribution in [1.29, 1.82) is 0 Å². The Labute approximate surface area is 110 Å². The monoisotopic (exact) mass is 265 g/mol. The van der Waals surface area contributed by atoms with Crippen LogP contribution in [0, 0.1) is 0 Å². The predicted octanol–water partition coefficient (Wildman–Crippen LogP) is 0.750. The van der Waals surface area contributed by atoms with Gasteiger partial charge in [-0.15, -0.1) is 0 Å². The summed E-state index contributed by atoms with van der Waals surface area (Å²) in [5.74, 6) is -1.39. The number of nitrogens with one attached hydrogen (secondary N) is 1. The van der Waals surface area contributed by atoms with E-state index in [1.54, 1.807) is 24.3 Å². The van der Waals surface area contributed by atoms with Gasteiger partial charge in [-0.1, -0.05) is 12.1 Å². The Balaban J connectivity index is 1.92. The van der Waals surface area contributed by atoms with Crippen LogP contribution in [0.3, 0.4) is 0 Å². The summed E-state index contributed by atoms with van der Waals surface area (Å²) >= 11 is 0. The number of carboxylic acid groups (broad SMARTS) is 1. The van der Waals surface area contributed by atoms with Crippen molar-refractivity contribution in [3.8, 4) is 0 Å². The van der Waals surface area contributed by atoms with Gasteiger partial charge in [0.25, 0.3) is 5.91 Å². The average molecular weight is 265 g/mol. The van der Waals surface area contributed by atoms with E-state index in [2.05, 4.69) is 5.32 Å². The molecule has 0 aliphatic carbocycles. The van der Waals surface area contributed by atoms with Crippen molar-refractivity contribution >= 4 is 17.6 Å². The number of hydrogen-bond donors (Lipinski definition) is 3. The van der Waals surface area contributed by atoms with Gasteiger partial charge in [0, 0.05) is 5.69 Å². The zero-order chi connectivity index (χ0) is 13.8. The zero-order valence-corrected chi connectivity index (χ0v) is 10.2. The minimum absolute atomic E-state index is 0.0553. The minimum Gasteiger partial charge on any atom is -0.479 e. The van der Waals surface area contributed by atoms with Gasteiger partial charge >= 0.3 is 5.97 Å². The van der Waals surface area contributed by atoms with Crippen molar-refractivity contribution in [1.82, 2.24) is 0 Å². The summed E-state index contributed by atoms with van der Waals surface area (Å²) in [6.07, 6.45) is -0.875. The van der Waals surface area contributed by atoms with Gasteiger partial charge in [-0.25, -0.2) is 4.79 Å². The lowest BCUT2D eigenvalue weighted by molar-refractivity contribution is -0.150. The highest BCUT2D eigenvalue weighted by Gasteiger charge is 2.34. The maximum absolute atomic E-state index is 11.9. The lowest BCUT2D eigenvalue weighted by Crippen LogP contribution is -2.29. The summed E-state index contributed by atoms with van der Waals surface area (Å²) in [5, 5.41) is 20.3. The second kappa shape index (κ2) is 5.81. The molecule has 3 N–H and O–H groups in total. The minimum atomic E-state index is -1.04. The van der Waals surface area contributed by atoms with Crippen molar-refractivity contribution in [3.05, 3.63) is 29.8 Å². The second-order valence-corrected chi connectivity index (χ2v) is 4.37. The number of benzene rings is 1. The lowest BCUT2D eigenvalue weighted by Gasteiger charge is -2.12. The van der Waals surface area contributed by atoms with Gasteiger partial charge in [0.15, 0.2) is 6.10 Å². The average Bonchev–Trinajstić information content (AvgIpc) is 2.89. The Kier molecular flexibility index (Phi) is 4.13. The normalized spacial score (nSPS) is 22.2. The van der Waals surface area contributed by atoms with Crippen LogP contribution >= 0.6 is 0 Å². The molecule has 6 heteroatoms. The van der Waals surface area contributed by atoms with Crippen molar-refractivity contribution in [2.45, 2.75) is 31.7 Å². The molecule has 0 bridgehead atoms. The molecule has 2 atom stereocenters. The largest absolute Gasteiger partial charge is 0.479 e. The Bertz CT molecular complexity index is 470. The van der Waals surface area contributed by atoms with E-state index in [-0.39, 0.29) is 12.5 Å². The molecule has 1 amide bonds. The molecule has 1 aliphatic heterocycles. The van der Waals surface area contributed by atoms with Crippen LogP contribution < -0.4 is 5.32 Å². The molecule has 1 aromatic carbocycles. The van der Waals surface area contributed by atoms with Gasteiger partial charge < -0.3 is 20.3 Å². The molecule has 0 spiro atoms. The highest BCUT2D eigenvalue weighted by molar-refractivity contribution is 5.94. The quantitative estimate of drug-likeness (QED) is 0.746. The van der Waals surface area contributed by atoms with Crippen LogP contribution in [-0.4, -0.2) is 34.3 Å². The number of carboxylic acids is 1. The van der Waals surface area contributed by atoms with Gasteiger partial charge in [0.05, 0.1) is 6.61 Å². The number of carbonyl (C=O) groups is 2. The molecular weight excluding hydrogens is 250 g/mol. The smallest absolute Gasteiger partial charge is 0.332 e. The van der Waals surface area contributed by atoms with E-state index in [0.717, 1.165) is 5.56 Å². The van der Waals surface area contributed by atoms with E-state index < -0.39 is 18.2 Å². The fourth-order valence-corrected chi connectivity index (χ4v) is 1.93. The summed E-state index contributed by atoms with van der Waals surface area (Å²) in [6.45, 7) is -0.0553. The molecule has 19 heavy (non-hydrogen) atoms. The van der Waals surface area contributed by atoms with Crippen LogP contribution in [0.2, 0.25) is 0 Å². The summed E-state index contributed by atoms with van der Waals surface area (Å²) in [6, 6.07) is 6.75. The van der Waals surface area contributed by atoms with Crippen LogP contribution in [0.15, 0.2) is 24.3 Å². The molecule has 0 aromatic heterocycles. The van der Waals surface area contributed by atoms with Crippen molar-refractivity contribution in [2.75, 3.05) is 5.32 Å². The van der Waals surface area contributed by atoms with E-state index in [4.69, 9.17) is 14.9 Å². The van der Waals surface area contributed by atoms with Gasteiger partial charge in [0.1, 0.15) is 6.10 Å². The molecule has 102 valence electrons. The first kappa shape index (κ1) is 13.5. The van der Waals surface area contributed by atoms with E-state index >= 15 is 0 Å². The molecule has 1 saturated heterocycles.